The number of nitrogens with one attached hydrogen (secondary N) is 2. The van der Waals surface area contributed by atoms with Crippen molar-refractivity contribution in [3.8, 4) is 0 Å². The van der Waals surface area contributed by atoms with E-state index >= 15 is 0 Å². The van der Waals surface area contributed by atoms with E-state index in [9.17, 15) is 9.59 Å². The summed E-state index contributed by atoms with van der Waals surface area (Å²) in [6.45, 7) is 0.423. The lowest BCUT2D eigenvalue weighted by molar-refractivity contribution is -0.120. The average Bonchev–Trinajstić information content (AvgIpc) is 2.52. The molecule has 0 radical (unpaired) electrons. The maximum absolute atomic E-state index is 11.1. The van der Waals surface area contributed by atoms with Crippen LogP contribution in [0.1, 0.15) is 12.8 Å². The topological polar surface area (TPSA) is 90.8 Å². The highest BCUT2D eigenvalue weighted by Gasteiger charge is 2.20. The van der Waals surface area contributed by atoms with Crippen molar-refractivity contribution in [2.75, 3.05) is 13.2 Å². The summed E-state index contributed by atoms with van der Waals surface area (Å²) in [7, 11) is 0. The Morgan fingerprint density at radius 1 is 1.69 bits per heavy atom. The molecule has 0 saturated heterocycles. The van der Waals surface area contributed by atoms with Crippen LogP contribution in [-0.2, 0) is 9.59 Å². The van der Waals surface area contributed by atoms with Crippen molar-refractivity contribution in [1.29, 1.82) is 0 Å². The number of rotatable bonds is 4. The average molecular weight is 185 g/mol. The van der Waals surface area contributed by atoms with Crippen molar-refractivity contribution in [3.05, 3.63) is 0 Å². The van der Waals surface area contributed by atoms with Gasteiger partial charge in [-0.1, -0.05) is 0 Å². The van der Waals surface area contributed by atoms with E-state index in [1.165, 1.54) is 0 Å². The first-order valence-electron chi connectivity index (χ1n) is 3.98. The molecule has 13 heavy (non-hydrogen) atoms. The molecule has 0 saturated carbocycles. The molecule has 0 fully saturated rings. The molecule has 1 aliphatic rings. The Hall–Kier alpha value is -1.43. The van der Waals surface area contributed by atoms with E-state index in [-0.39, 0.29) is 30.6 Å². The Kier molecular flexibility index (Phi) is 3.39. The van der Waals surface area contributed by atoms with E-state index in [4.69, 9.17) is 5.11 Å². The number of hydrogen-bond acceptors (Lipinski definition) is 4. The molecular weight excluding hydrogens is 174 g/mol. The highest BCUT2D eigenvalue weighted by Crippen LogP contribution is 1.94. The highest BCUT2D eigenvalue weighted by atomic mass is 16.3. The number of hydrazone groups is 1. The molecule has 72 valence electrons. The minimum Gasteiger partial charge on any atom is -0.396 e. The van der Waals surface area contributed by atoms with Crippen LogP contribution in [0.5, 0.6) is 0 Å². The van der Waals surface area contributed by atoms with Gasteiger partial charge in [0.25, 0.3) is 5.91 Å². The van der Waals surface area contributed by atoms with Gasteiger partial charge in [0.1, 0.15) is 5.71 Å². The highest BCUT2D eigenvalue weighted by molar-refractivity contribution is 6.43. The molecule has 0 atom stereocenters. The maximum atomic E-state index is 11.1. The largest absolute Gasteiger partial charge is 0.396 e. The zero-order chi connectivity index (χ0) is 9.68. The van der Waals surface area contributed by atoms with Crippen molar-refractivity contribution in [2.24, 2.45) is 5.10 Å². The van der Waals surface area contributed by atoms with Gasteiger partial charge in [0, 0.05) is 13.2 Å². The van der Waals surface area contributed by atoms with Gasteiger partial charge in [-0.25, -0.2) is 5.43 Å². The third kappa shape index (κ3) is 2.83. The van der Waals surface area contributed by atoms with Gasteiger partial charge in [0.15, 0.2) is 0 Å². The van der Waals surface area contributed by atoms with E-state index in [1.54, 1.807) is 0 Å². The number of amides is 2. The van der Waals surface area contributed by atoms with Gasteiger partial charge >= 0.3 is 0 Å². The fourth-order valence-electron chi connectivity index (χ4n) is 0.875. The van der Waals surface area contributed by atoms with Crippen molar-refractivity contribution in [2.45, 2.75) is 12.8 Å². The van der Waals surface area contributed by atoms with Crippen LogP contribution in [0.15, 0.2) is 5.10 Å². The lowest BCUT2D eigenvalue weighted by Crippen LogP contribution is -2.31. The molecule has 0 unspecified atom stereocenters. The number of carbonyl (C=O) groups is 2. The monoisotopic (exact) mass is 185 g/mol. The first kappa shape index (κ1) is 9.66. The van der Waals surface area contributed by atoms with E-state index in [0.29, 0.717) is 13.0 Å². The molecule has 0 aromatic rings. The molecule has 3 N–H and O–H groups in total. The first-order chi connectivity index (χ1) is 6.24. The zero-order valence-electron chi connectivity index (χ0n) is 7.04. The molecule has 0 bridgehead atoms. The summed E-state index contributed by atoms with van der Waals surface area (Å²) in [5, 5.41) is 14.5. The van der Waals surface area contributed by atoms with Gasteiger partial charge in [-0.05, 0) is 6.42 Å². The maximum Gasteiger partial charge on any atom is 0.268 e. The summed E-state index contributed by atoms with van der Waals surface area (Å²) >= 11 is 0. The summed E-state index contributed by atoms with van der Waals surface area (Å²) in [4.78, 5) is 21.8. The molecule has 0 aromatic carbocycles. The summed E-state index contributed by atoms with van der Waals surface area (Å²) in [5.74, 6) is -0.626. The van der Waals surface area contributed by atoms with Crippen LogP contribution >= 0.6 is 0 Å². The summed E-state index contributed by atoms with van der Waals surface area (Å²) in [5.41, 5.74) is 2.38. The molecule has 0 aromatic heterocycles. The summed E-state index contributed by atoms with van der Waals surface area (Å²) in [6, 6.07) is 0. The van der Waals surface area contributed by atoms with Gasteiger partial charge in [0.2, 0.25) is 5.91 Å². The molecule has 6 nitrogen and oxygen atoms in total. The quantitative estimate of drug-likeness (QED) is 0.459. The van der Waals surface area contributed by atoms with Crippen molar-refractivity contribution < 1.29 is 14.7 Å². The van der Waals surface area contributed by atoms with E-state index in [2.05, 4.69) is 15.8 Å². The molecule has 1 rings (SSSR count). The Morgan fingerprint density at radius 2 is 2.46 bits per heavy atom. The standard InChI is InChI=1S/C7H11N3O3/c11-3-1-2-8-7(13)5-4-6(12)10-9-5/h11H,1-4H2,(H,8,13)(H,10,12). The zero-order valence-corrected chi connectivity index (χ0v) is 7.04. The number of hydrogen-bond donors (Lipinski definition) is 3. The second kappa shape index (κ2) is 4.56. The van der Waals surface area contributed by atoms with Gasteiger partial charge in [0.05, 0.1) is 6.42 Å². The number of aliphatic hydroxyl groups excluding tert-OH is 1. The van der Waals surface area contributed by atoms with Crippen LogP contribution in [0, 0.1) is 0 Å². The second-order valence-electron chi connectivity index (χ2n) is 2.60. The molecular formula is C7H11N3O3. The normalized spacial score (nSPS) is 15.2. The van der Waals surface area contributed by atoms with E-state index in [0.717, 1.165) is 0 Å². The summed E-state index contributed by atoms with van der Waals surface area (Å²) < 4.78 is 0. The van der Waals surface area contributed by atoms with Crippen LogP contribution in [-0.4, -0.2) is 35.8 Å². The minimum absolute atomic E-state index is 0.0317. The fraction of sp³-hybridized carbons (Fsp3) is 0.571. The smallest absolute Gasteiger partial charge is 0.268 e. The van der Waals surface area contributed by atoms with Crippen molar-refractivity contribution >= 4 is 17.5 Å². The van der Waals surface area contributed by atoms with Crippen LogP contribution in [0.2, 0.25) is 0 Å². The Bertz CT molecular complexity index is 249. The van der Waals surface area contributed by atoms with Gasteiger partial charge < -0.3 is 10.4 Å². The van der Waals surface area contributed by atoms with Crippen molar-refractivity contribution in [1.82, 2.24) is 10.7 Å². The van der Waals surface area contributed by atoms with Crippen LogP contribution in [0.3, 0.4) is 0 Å². The molecule has 1 heterocycles. The Balaban J connectivity index is 2.28. The van der Waals surface area contributed by atoms with Crippen LogP contribution in [0.4, 0.5) is 0 Å². The Labute approximate surface area is 75.0 Å². The van der Waals surface area contributed by atoms with Crippen LogP contribution < -0.4 is 10.7 Å². The van der Waals surface area contributed by atoms with Gasteiger partial charge in [-0.2, -0.15) is 5.10 Å². The van der Waals surface area contributed by atoms with E-state index in [1.807, 2.05) is 0 Å². The predicted octanol–water partition coefficient (Wildman–Crippen LogP) is -1.64. The SMILES string of the molecule is O=C1CC(C(=O)NCCCO)=NN1. The third-order valence-electron chi connectivity index (χ3n) is 1.53. The number of aliphatic hydroxyl groups is 1. The second-order valence-corrected chi connectivity index (χ2v) is 2.60. The number of carbonyl (C=O) groups excluding carboxylic acids is 2. The van der Waals surface area contributed by atoms with Gasteiger partial charge in [-0.3, -0.25) is 9.59 Å². The van der Waals surface area contributed by atoms with E-state index < -0.39 is 0 Å². The third-order valence-corrected chi connectivity index (χ3v) is 1.53. The lowest BCUT2D eigenvalue weighted by Gasteiger charge is -2.00. The summed E-state index contributed by atoms with van der Waals surface area (Å²) in [6.07, 6.45) is 0.533. The first-order valence-corrected chi connectivity index (χ1v) is 3.98. The number of nitrogens with zero attached hydrogens (tertiary/aromatic N) is 1. The van der Waals surface area contributed by atoms with Gasteiger partial charge in [-0.15, -0.1) is 0 Å². The molecule has 0 spiro atoms. The van der Waals surface area contributed by atoms with Crippen molar-refractivity contribution in [3.63, 3.8) is 0 Å². The predicted molar refractivity (Wildman–Crippen MR) is 44.9 cm³/mol. The van der Waals surface area contributed by atoms with Crippen LogP contribution in [0.25, 0.3) is 0 Å². The fourth-order valence-corrected chi connectivity index (χ4v) is 0.875. The molecule has 0 aliphatic carbocycles. The molecule has 1 aliphatic heterocycles. The minimum atomic E-state index is -0.355. The molecule has 2 amide bonds. The Morgan fingerprint density at radius 3 is 3.00 bits per heavy atom. The lowest BCUT2D eigenvalue weighted by atomic mass is 10.2. The molecule has 6 heteroatoms.